The highest BCUT2D eigenvalue weighted by Crippen LogP contribution is 2.53. The second kappa shape index (κ2) is 13.6. The zero-order valence-electron chi connectivity index (χ0n) is 20.5. The molecule has 1 N–H and O–H groups in total. The fraction of sp³-hybridized carbons (Fsp3) is 0.286. The molecule has 0 saturated heterocycles. The summed E-state index contributed by atoms with van der Waals surface area (Å²) in [6, 6.07) is 28.1. The molecule has 0 aliphatic carbocycles. The Kier molecular flexibility index (Phi) is 10.3. The summed E-state index contributed by atoms with van der Waals surface area (Å²) >= 11 is 0. The van der Waals surface area contributed by atoms with Crippen LogP contribution in [0, 0.1) is 5.92 Å². The summed E-state index contributed by atoms with van der Waals surface area (Å²) in [4.78, 5) is 25.8. The van der Waals surface area contributed by atoms with Crippen LogP contribution in [-0.4, -0.2) is 38.2 Å². The Labute approximate surface area is 212 Å². The van der Waals surface area contributed by atoms with Crippen molar-refractivity contribution in [2.24, 2.45) is 5.92 Å². The van der Waals surface area contributed by atoms with E-state index in [4.69, 9.17) is 14.0 Å². The second-order valence-electron chi connectivity index (χ2n) is 8.34. The molecule has 0 bridgehead atoms. The molecule has 1 amide bonds. The van der Waals surface area contributed by atoms with E-state index in [0.29, 0.717) is 6.42 Å². The summed E-state index contributed by atoms with van der Waals surface area (Å²) in [7, 11) is -0.988. The summed E-state index contributed by atoms with van der Waals surface area (Å²) in [6.07, 6.45) is -0.0136. The van der Waals surface area contributed by atoms with E-state index in [2.05, 4.69) is 5.32 Å². The Morgan fingerprint density at radius 3 is 1.86 bits per heavy atom. The monoisotopic (exact) mass is 509 g/mol. The number of ether oxygens (including phenoxy) is 2. The van der Waals surface area contributed by atoms with E-state index in [1.165, 1.54) is 14.2 Å². The van der Waals surface area contributed by atoms with Gasteiger partial charge in [-0.2, -0.15) is 0 Å². The van der Waals surface area contributed by atoms with E-state index in [0.717, 1.165) is 16.7 Å². The van der Waals surface area contributed by atoms with E-state index < -0.39 is 31.1 Å². The third-order valence-electron chi connectivity index (χ3n) is 5.95. The summed E-state index contributed by atoms with van der Waals surface area (Å²) in [5.41, 5.74) is 2.61. The number of amides is 1. The van der Waals surface area contributed by atoms with Gasteiger partial charge in [-0.05, 0) is 29.5 Å². The van der Waals surface area contributed by atoms with Crippen molar-refractivity contribution < 1.29 is 28.2 Å². The molecule has 7 nitrogen and oxygen atoms in total. The Bertz CT molecular complexity index is 1140. The van der Waals surface area contributed by atoms with Gasteiger partial charge in [0.25, 0.3) is 0 Å². The SMILES string of the molecule is COC(=O)[C@@H](Cc1ccccc1)[C@H](NC(=O)OCc1ccccc1)[P@](=O)(CCc1ccccc1)OC. The van der Waals surface area contributed by atoms with Crippen LogP contribution < -0.4 is 5.32 Å². The van der Waals surface area contributed by atoms with Crippen LogP contribution in [0.5, 0.6) is 0 Å². The lowest BCUT2D eigenvalue weighted by molar-refractivity contribution is -0.145. The summed E-state index contributed by atoms with van der Waals surface area (Å²) in [5.74, 6) is -2.70. The molecule has 3 aromatic rings. The minimum Gasteiger partial charge on any atom is -0.469 e. The van der Waals surface area contributed by atoms with Gasteiger partial charge in [-0.25, -0.2) is 4.79 Å². The molecule has 0 aromatic heterocycles. The standard InChI is InChI=1S/C28H32NO6P/c1-33-27(30)25(20-23-14-8-4-9-15-23)26(29-28(31)35-21-24-16-10-5-11-17-24)36(32,34-2)19-18-22-12-6-3-7-13-22/h3-17,25-26H,18-21H2,1-2H3,(H,29,31)/t25-,26+,36-/m0/s1. The third kappa shape index (κ3) is 7.80. The van der Waals surface area contributed by atoms with Crippen LogP contribution in [-0.2, 0) is 42.8 Å². The van der Waals surface area contributed by atoms with Gasteiger partial charge in [0.1, 0.15) is 12.4 Å². The van der Waals surface area contributed by atoms with Crippen molar-refractivity contribution in [1.82, 2.24) is 5.32 Å². The summed E-state index contributed by atoms with van der Waals surface area (Å²) in [5, 5.41) is 2.70. The second-order valence-corrected chi connectivity index (χ2v) is 11.2. The molecule has 8 heteroatoms. The first-order valence-electron chi connectivity index (χ1n) is 11.7. The zero-order valence-corrected chi connectivity index (χ0v) is 21.4. The topological polar surface area (TPSA) is 90.9 Å². The lowest BCUT2D eigenvalue weighted by Crippen LogP contribution is -2.45. The van der Waals surface area contributed by atoms with Gasteiger partial charge >= 0.3 is 12.1 Å². The van der Waals surface area contributed by atoms with Gasteiger partial charge in [0, 0.05) is 13.3 Å². The first-order chi connectivity index (χ1) is 17.4. The molecule has 0 spiro atoms. The van der Waals surface area contributed by atoms with Crippen LogP contribution in [0.15, 0.2) is 91.0 Å². The van der Waals surface area contributed by atoms with E-state index in [-0.39, 0.29) is 19.2 Å². The van der Waals surface area contributed by atoms with Gasteiger partial charge in [-0.15, -0.1) is 0 Å². The molecule has 3 rings (SSSR count). The van der Waals surface area contributed by atoms with Crippen molar-refractivity contribution >= 4 is 19.4 Å². The van der Waals surface area contributed by atoms with E-state index >= 15 is 0 Å². The maximum absolute atomic E-state index is 14.2. The van der Waals surface area contributed by atoms with Gasteiger partial charge in [-0.1, -0.05) is 91.0 Å². The number of aryl methyl sites for hydroxylation is 1. The highest BCUT2D eigenvalue weighted by atomic mass is 31.2. The molecule has 3 aromatic carbocycles. The Balaban J connectivity index is 1.88. The lowest BCUT2D eigenvalue weighted by Gasteiger charge is -2.32. The molecule has 0 fully saturated rings. The molecule has 0 heterocycles. The van der Waals surface area contributed by atoms with Crippen LogP contribution in [0.4, 0.5) is 4.79 Å². The van der Waals surface area contributed by atoms with Crippen LogP contribution in [0.25, 0.3) is 0 Å². The Morgan fingerprint density at radius 1 is 0.806 bits per heavy atom. The number of rotatable bonds is 12. The third-order valence-corrected chi connectivity index (χ3v) is 8.75. The number of esters is 1. The quantitative estimate of drug-likeness (QED) is 0.258. The van der Waals surface area contributed by atoms with Crippen molar-refractivity contribution in [3.8, 4) is 0 Å². The molecular weight excluding hydrogens is 477 g/mol. The molecule has 0 unspecified atom stereocenters. The predicted molar refractivity (Wildman–Crippen MR) is 139 cm³/mol. The summed E-state index contributed by atoms with van der Waals surface area (Å²) in [6.45, 7) is 0.0300. The number of nitrogens with one attached hydrogen (secondary N) is 1. The van der Waals surface area contributed by atoms with Crippen LogP contribution in [0.3, 0.4) is 0 Å². The van der Waals surface area contributed by atoms with Crippen molar-refractivity contribution in [1.29, 1.82) is 0 Å². The predicted octanol–water partition coefficient (Wildman–Crippen LogP) is 5.44. The average Bonchev–Trinajstić information content (AvgIpc) is 2.93. The molecule has 3 atom stereocenters. The molecular formula is C28H32NO6P. The molecule has 0 saturated carbocycles. The first kappa shape index (κ1) is 27.2. The minimum absolute atomic E-state index is 0.0300. The van der Waals surface area contributed by atoms with Gasteiger partial charge < -0.3 is 19.3 Å². The fourth-order valence-electron chi connectivity index (χ4n) is 3.98. The van der Waals surface area contributed by atoms with Crippen LogP contribution in [0.1, 0.15) is 16.7 Å². The number of carbonyl (C=O) groups is 2. The lowest BCUT2D eigenvalue weighted by atomic mass is 9.99. The molecule has 190 valence electrons. The van der Waals surface area contributed by atoms with Crippen molar-refractivity contribution in [3.05, 3.63) is 108 Å². The van der Waals surface area contributed by atoms with Gasteiger partial charge in [0.05, 0.1) is 13.0 Å². The number of methoxy groups -OCH3 is 1. The highest BCUT2D eigenvalue weighted by molar-refractivity contribution is 7.59. The molecule has 0 aliphatic heterocycles. The van der Waals surface area contributed by atoms with Crippen molar-refractivity contribution in [3.63, 3.8) is 0 Å². The maximum Gasteiger partial charge on any atom is 0.408 e. The first-order valence-corrected chi connectivity index (χ1v) is 13.6. The molecule has 0 radical (unpaired) electrons. The maximum atomic E-state index is 14.2. The number of alkyl carbamates (subject to hydrolysis) is 1. The normalized spacial score (nSPS) is 14.2. The number of hydrogen-bond donors (Lipinski definition) is 1. The highest BCUT2D eigenvalue weighted by Gasteiger charge is 2.44. The minimum atomic E-state index is -3.60. The largest absolute Gasteiger partial charge is 0.469 e. The van der Waals surface area contributed by atoms with E-state index in [1.807, 2.05) is 91.0 Å². The summed E-state index contributed by atoms with van der Waals surface area (Å²) < 4.78 is 30.3. The van der Waals surface area contributed by atoms with E-state index in [9.17, 15) is 14.2 Å². The van der Waals surface area contributed by atoms with Gasteiger partial charge in [-0.3, -0.25) is 9.36 Å². The van der Waals surface area contributed by atoms with Crippen molar-refractivity contribution in [2.75, 3.05) is 20.4 Å². The van der Waals surface area contributed by atoms with Crippen LogP contribution in [0.2, 0.25) is 0 Å². The number of carbonyl (C=O) groups excluding carboxylic acids is 2. The van der Waals surface area contributed by atoms with E-state index in [1.54, 1.807) is 0 Å². The number of hydrogen-bond acceptors (Lipinski definition) is 6. The molecule has 0 aliphatic rings. The van der Waals surface area contributed by atoms with Gasteiger partial charge in [0.15, 0.2) is 0 Å². The number of benzene rings is 3. The Hall–Kier alpha value is -3.41. The average molecular weight is 510 g/mol. The zero-order chi connectivity index (χ0) is 25.8. The Morgan fingerprint density at radius 2 is 1.33 bits per heavy atom. The van der Waals surface area contributed by atoms with Crippen molar-refractivity contribution in [2.45, 2.75) is 25.2 Å². The van der Waals surface area contributed by atoms with Crippen LogP contribution >= 0.6 is 7.37 Å². The molecule has 36 heavy (non-hydrogen) atoms. The smallest absolute Gasteiger partial charge is 0.408 e. The van der Waals surface area contributed by atoms with Gasteiger partial charge in [0.2, 0.25) is 7.37 Å². The fourth-order valence-corrected chi connectivity index (χ4v) is 6.31.